The number of hydrogen-bond donors (Lipinski definition) is 1. The van der Waals surface area contributed by atoms with Crippen molar-refractivity contribution in [1.82, 2.24) is 10.2 Å². The third-order valence-electron chi connectivity index (χ3n) is 9.79. The second-order valence-electron chi connectivity index (χ2n) is 15.3. The number of carbonyl (C=O) groups is 4. The lowest BCUT2D eigenvalue weighted by Crippen LogP contribution is -2.54. The van der Waals surface area contributed by atoms with Crippen LogP contribution in [0.25, 0.3) is 0 Å². The summed E-state index contributed by atoms with van der Waals surface area (Å²) in [5, 5.41) is 3.24. The third kappa shape index (κ3) is 7.56. The molecule has 4 amide bonds. The van der Waals surface area contributed by atoms with Crippen LogP contribution in [0.15, 0.2) is 42.5 Å². The van der Waals surface area contributed by atoms with Crippen molar-refractivity contribution in [3.05, 3.63) is 53.6 Å². The van der Waals surface area contributed by atoms with E-state index in [9.17, 15) is 19.2 Å². The van der Waals surface area contributed by atoms with E-state index in [1.807, 2.05) is 35.2 Å². The van der Waals surface area contributed by atoms with Crippen LogP contribution in [-0.2, 0) is 30.3 Å². The Kier molecular flexibility index (Phi) is 9.68. The second-order valence-corrected chi connectivity index (χ2v) is 15.3. The minimum absolute atomic E-state index is 0.0108. The van der Waals surface area contributed by atoms with Gasteiger partial charge < -0.3 is 34.2 Å². The van der Waals surface area contributed by atoms with Gasteiger partial charge in [0.1, 0.15) is 11.4 Å². The molecule has 0 spiro atoms. The monoisotopic (exact) mass is 674 g/mol. The van der Waals surface area contributed by atoms with Gasteiger partial charge in [0.15, 0.2) is 5.60 Å². The number of aryl methyl sites for hydroxylation is 1. The van der Waals surface area contributed by atoms with Crippen LogP contribution in [0.4, 0.5) is 16.2 Å². The molecule has 2 heterocycles. The van der Waals surface area contributed by atoms with E-state index in [4.69, 9.17) is 14.2 Å². The zero-order valence-corrected chi connectivity index (χ0v) is 29.6. The van der Waals surface area contributed by atoms with Gasteiger partial charge >= 0.3 is 6.09 Å². The number of carbonyl (C=O) groups excluding carboxylic acids is 4. The highest BCUT2D eigenvalue weighted by Crippen LogP contribution is 2.43. The highest BCUT2D eigenvalue weighted by atomic mass is 16.6. The minimum Gasteiger partial charge on any atom is -0.476 e. The molecule has 6 rings (SSSR count). The maximum Gasteiger partial charge on any atom is 0.410 e. The standard InChI is InChI=1S/C38H50N4O7/c1-37(2,3)49-36(46)40-22-25(33(43)39-30-16-12-24-10-7-8-11-29(24)30)20-26(23-40)34(44)42(27-13-14-27)28-15-17-32-31(21-28)41(18-9-19-47-6)35(45)38(4,5)48-32/h7-8,10-11,15,17,21,25-27,30H,9,12-14,16,18-20,22-23H2,1-6H3,(H,39,43)/t25-,26+,30-/m0/s1. The van der Waals surface area contributed by atoms with Gasteiger partial charge in [-0.25, -0.2) is 4.79 Å². The molecule has 2 aliphatic carbocycles. The van der Waals surface area contributed by atoms with Crippen molar-refractivity contribution in [1.29, 1.82) is 0 Å². The maximum atomic E-state index is 14.6. The summed E-state index contributed by atoms with van der Waals surface area (Å²) in [7, 11) is 1.63. The number of rotatable bonds is 9. The summed E-state index contributed by atoms with van der Waals surface area (Å²) in [6.07, 6.45) is 3.82. The predicted molar refractivity (Wildman–Crippen MR) is 186 cm³/mol. The molecule has 11 nitrogen and oxygen atoms in total. The summed E-state index contributed by atoms with van der Waals surface area (Å²) in [6, 6.07) is 13.6. The summed E-state index contributed by atoms with van der Waals surface area (Å²) in [4.78, 5) is 60.5. The quantitative estimate of drug-likeness (QED) is 0.354. The van der Waals surface area contributed by atoms with Crippen molar-refractivity contribution in [2.45, 2.75) is 96.4 Å². The normalized spacial score (nSPS) is 22.9. The van der Waals surface area contributed by atoms with E-state index in [2.05, 4.69) is 17.4 Å². The van der Waals surface area contributed by atoms with Gasteiger partial charge in [0.25, 0.3) is 5.91 Å². The molecule has 0 aromatic heterocycles. The van der Waals surface area contributed by atoms with Crippen molar-refractivity contribution in [3.63, 3.8) is 0 Å². The van der Waals surface area contributed by atoms with Crippen LogP contribution in [0.3, 0.4) is 0 Å². The molecule has 0 unspecified atom stereocenters. The molecule has 264 valence electrons. The number of nitrogens with one attached hydrogen (secondary N) is 1. The van der Waals surface area contributed by atoms with Crippen molar-refractivity contribution in [2.75, 3.05) is 43.2 Å². The largest absolute Gasteiger partial charge is 0.476 e. The van der Waals surface area contributed by atoms with Crippen molar-refractivity contribution in [3.8, 4) is 5.75 Å². The molecule has 2 fully saturated rings. The maximum absolute atomic E-state index is 14.6. The lowest BCUT2D eigenvalue weighted by Gasteiger charge is -2.40. The molecule has 1 saturated carbocycles. The van der Waals surface area contributed by atoms with Crippen LogP contribution in [0.1, 0.15) is 83.9 Å². The number of hydrogen-bond acceptors (Lipinski definition) is 7. The highest BCUT2D eigenvalue weighted by molar-refractivity contribution is 6.04. The van der Waals surface area contributed by atoms with E-state index in [-0.39, 0.29) is 42.9 Å². The summed E-state index contributed by atoms with van der Waals surface area (Å²) < 4.78 is 17.1. The Balaban J connectivity index is 1.27. The Hall–Kier alpha value is -4.12. The molecule has 49 heavy (non-hydrogen) atoms. The van der Waals surface area contributed by atoms with Gasteiger partial charge in [-0.1, -0.05) is 24.3 Å². The molecule has 11 heteroatoms. The fourth-order valence-electron chi connectivity index (χ4n) is 7.28. The molecule has 0 bridgehead atoms. The lowest BCUT2D eigenvalue weighted by molar-refractivity contribution is -0.133. The minimum atomic E-state index is -1.03. The van der Waals surface area contributed by atoms with Gasteiger partial charge in [-0.05, 0) is 102 Å². The number of methoxy groups -OCH3 is 1. The van der Waals surface area contributed by atoms with Gasteiger partial charge in [-0.15, -0.1) is 0 Å². The van der Waals surface area contributed by atoms with Crippen molar-refractivity contribution < 1.29 is 33.4 Å². The molecular weight excluding hydrogens is 624 g/mol. The Labute approximate surface area is 289 Å². The number of nitrogens with zero attached hydrogens (tertiary/aromatic N) is 3. The average molecular weight is 675 g/mol. The SMILES string of the molecule is COCCCN1C(=O)C(C)(C)Oc2ccc(N(C(=O)[C@@H]3C[C@H](C(=O)N[C@H]4CCc5ccccc54)CN(C(=O)OC(C)(C)C)C3)C3CC3)cc21. The van der Waals surface area contributed by atoms with Crippen LogP contribution in [0.2, 0.25) is 0 Å². The molecular formula is C38H50N4O7. The average Bonchev–Trinajstić information content (AvgIpc) is 3.81. The zero-order valence-electron chi connectivity index (χ0n) is 29.6. The van der Waals surface area contributed by atoms with E-state index in [0.717, 1.165) is 31.2 Å². The Morgan fingerprint density at radius 2 is 1.78 bits per heavy atom. The Bertz CT molecular complexity index is 1600. The van der Waals surface area contributed by atoms with Crippen LogP contribution < -0.4 is 19.9 Å². The summed E-state index contributed by atoms with van der Waals surface area (Å²) >= 11 is 0. The number of amides is 4. The zero-order chi connectivity index (χ0) is 35.1. The molecule has 1 N–H and O–H groups in total. The number of ether oxygens (including phenoxy) is 3. The first-order valence-corrected chi connectivity index (χ1v) is 17.6. The molecule has 2 aromatic carbocycles. The smallest absolute Gasteiger partial charge is 0.410 e. The second kappa shape index (κ2) is 13.7. The van der Waals surface area contributed by atoms with Gasteiger partial charge in [0, 0.05) is 45.1 Å². The topological polar surface area (TPSA) is 118 Å². The van der Waals surface area contributed by atoms with E-state index < -0.39 is 29.1 Å². The van der Waals surface area contributed by atoms with Gasteiger partial charge in [-0.3, -0.25) is 14.4 Å². The van der Waals surface area contributed by atoms with Gasteiger partial charge in [0.05, 0.1) is 23.6 Å². The Morgan fingerprint density at radius 3 is 2.49 bits per heavy atom. The fourth-order valence-corrected chi connectivity index (χ4v) is 7.28. The fraction of sp³-hybridized carbons (Fsp3) is 0.579. The van der Waals surface area contributed by atoms with Crippen molar-refractivity contribution in [2.24, 2.45) is 11.8 Å². The number of piperidine rings is 1. The first-order valence-electron chi connectivity index (χ1n) is 17.6. The van der Waals surface area contributed by atoms with Gasteiger partial charge in [-0.2, -0.15) is 0 Å². The summed E-state index contributed by atoms with van der Waals surface area (Å²) in [6.45, 7) is 10.2. The first-order chi connectivity index (χ1) is 23.3. The third-order valence-corrected chi connectivity index (χ3v) is 9.79. The van der Waals surface area contributed by atoms with Crippen LogP contribution in [0, 0.1) is 11.8 Å². The molecule has 2 aromatic rings. The number of benzene rings is 2. The molecule has 2 aliphatic heterocycles. The van der Waals surface area contributed by atoms with Crippen LogP contribution in [0.5, 0.6) is 5.75 Å². The first kappa shape index (κ1) is 34.7. The molecule has 3 atom stereocenters. The van der Waals surface area contributed by atoms with Crippen molar-refractivity contribution >= 4 is 35.2 Å². The van der Waals surface area contributed by atoms with E-state index in [1.165, 1.54) is 10.5 Å². The van der Waals surface area contributed by atoms with E-state index >= 15 is 0 Å². The van der Waals surface area contributed by atoms with Gasteiger partial charge in [0.2, 0.25) is 11.8 Å². The number of likely N-dealkylation sites (tertiary alicyclic amines) is 1. The highest BCUT2D eigenvalue weighted by Gasteiger charge is 2.45. The number of fused-ring (bicyclic) bond motifs is 2. The molecule has 1 saturated heterocycles. The van der Waals surface area contributed by atoms with Crippen LogP contribution in [-0.4, -0.2) is 79.3 Å². The Morgan fingerprint density at radius 1 is 1.04 bits per heavy atom. The molecule has 4 aliphatic rings. The van der Waals surface area contributed by atoms with E-state index in [1.54, 1.807) is 46.6 Å². The predicted octanol–water partition coefficient (Wildman–Crippen LogP) is 5.40. The van der Waals surface area contributed by atoms with E-state index in [0.29, 0.717) is 43.1 Å². The molecule has 0 radical (unpaired) electrons. The summed E-state index contributed by atoms with van der Waals surface area (Å²) in [5.74, 6) is -1.10. The lowest BCUT2D eigenvalue weighted by atomic mass is 9.87. The van der Waals surface area contributed by atoms with Crippen LogP contribution >= 0.6 is 0 Å². The summed E-state index contributed by atoms with van der Waals surface area (Å²) in [5.41, 5.74) is 1.88. The number of anilines is 2.